The Bertz CT molecular complexity index is 1040. The standard InChI is InChI=1S/C18H20FN5O2/c1-4-23-15-6-5-13(19)10-14(15)17(25)16(22-23)18(26)20-7-8-24-12(3)9-11(2)21-24/h5-6,9-10H,4,7-8H2,1-3H3,(H,20,26). The second-order valence-electron chi connectivity index (χ2n) is 6.06. The fraction of sp³-hybridized carbons (Fsp3) is 0.333. The van der Waals surface area contributed by atoms with Gasteiger partial charge in [-0.25, -0.2) is 4.39 Å². The lowest BCUT2D eigenvalue weighted by atomic mass is 10.2. The SMILES string of the molecule is CCn1nc(C(=O)NCCn2nc(C)cc2C)c(=O)c2cc(F)ccc21. The molecule has 1 N–H and O–H groups in total. The predicted molar refractivity (Wildman–Crippen MR) is 95.7 cm³/mol. The highest BCUT2D eigenvalue weighted by molar-refractivity contribution is 5.95. The Balaban J connectivity index is 1.85. The summed E-state index contributed by atoms with van der Waals surface area (Å²) in [6, 6.07) is 5.84. The van der Waals surface area contributed by atoms with Crippen molar-refractivity contribution < 1.29 is 9.18 Å². The van der Waals surface area contributed by atoms with Crippen LogP contribution in [-0.4, -0.2) is 32.0 Å². The average Bonchev–Trinajstić information content (AvgIpc) is 2.93. The maximum Gasteiger partial charge on any atom is 0.275 e. The number of carbonyl (C=O) groups is 1. The van der Waals surface area contributed by atoms with Gasteiger partial charge in [0.05, 0.1) is 23.1 Å². The van der Waals surface area contributed by atoms with Gasteiger partial charge in [-0.2, -0.15) is 10.2 Å². The molecule has 0 saturated carbocycles. The number of nitrogens with one attached hydrogen (secondary N) is 1. The van der Waals surface area contributed by atoms with Gasteiger partial charge in [-0.3, -0.25) is 19.0 Å². The molecule has 1 amide bonds. The van der Waals surface area contributed by atoms with Gasteiger partial charge in [0.15, 0.2) is 5.69 Å². The molecule has 0 aliphatic carbocycles. The highest BCUT2D eigenvalue weighted by Crippen LogP contribution is 2.12. The largest absolute Gasteiger partial charge is 0.349 e. The minimum atomic E-state index is -0.579. The summed E-state index contributed by atoms with van der Waals surface area (Å²) in [5.74, 6) is -1.11. The van der Waals surface area contributed by atoms with Crippen LogP contribution in [0.4, 0.5) is 4.39 Å². The molecule has 0 saturated heterocycles. The van der Waals surface area contributed by atoms with Crippen LogP contribution in [0.5, 0.6) is 0 Å². The molecule has 0 bridgehead atoms. The van der Waals surface area contributed by atoms with E-state index in [0.717, 1.165) is 17.5 Å². The quantitative estimate of drug-likeness (QED) is 0.755. The molecular weight excluding hydrogens is 337 g/mol. The first kappa shape index (κ1) is 17.8. The van der Waals surface area contributed by atoms with E-state index >= 15 is 0 Å². The zero-order chi connectivity index (χ0) is 18.8. The van der Waals surface area contributed by atoms with Gasteiger partial charge in [-0.1, -0.05) is 0 Å². The van der Waals surface area contributed by atoms with E-state index in [9.17, 15) is 14.0 Å². The van der Waals surface area contributed by atoms with Gasteiger partial charge < -0.3 is 5.32 Å². The first-order chi connectivity index (χ1) is 12.4. The fourth-order valence-electron chi connectivity index (χ4n) is 2.91. The predicted octanol–water partition coefficient (Wildman–Crippen LogP) is 1.80. The molecule has 7 nitrogen and oxygen atoms in total. The molecule has 26 heavy (non-hydrogen) atoms. The molecule has 2 aromatic heterocycles. The second kappa shape index (κ2) is 7.07. The van der Waals surface area contributed by atoms with Crippen molar-refractivity contribution in [3.8, 4) is 0 Å². The Labute approximate surface area is 149 Å². The third kappa shape index (κ3) is 3.35. The van der Waals surface area contributed by atoms with Crippen LogP contribution >= 0.6 is 0 Å². The van der Waals surface area contributed by atoms with Crippen molar-refractivity contribution >= 4 is 16.8 Å². The highest BCUT2D eigenvalue weighted by atomic mass is 19.1. The van der Waals surface area contributed by atoms with Crippen molar-refractivity contribution in [1.82, 2.24) is 24.9 Å². The van der Waals surface area contributed by atoms with Crippen molar-refractivity contribution in [2.45, 2.75) is 33.9 Å². The molecule has 3 rings (SSSR count). The minimum Gasteiger partial charge on any atom is -0.349 e. The first-order valence-corrected chi connectivity index (χ1v) is 8.40. The normalized spacial score (nSPS) is 11.1. The number of fused-ring (bicyclic) bond motifs is 1. The summed E-state index contributed by atoms with van der Waals surface area (Å²) in [7, 11) is 0. The summed E-state index contributed by atoms with van der Waals surface area (Å²) in [6.07, 6.45) is 0. The van der Waals surface area contributed by atoms with Crippen molar-refractivity contribution in [1.29, 1.82) is 0 Å². The topological polar surface area (TPSA) is 81.8 Å². The van der Waals surface area contributed by atoms with E-state index in [2.05, 4.69) is 15.5 Å². The number of amides is 1. The van der Waals surface area contributed by atoms with Gasteiger partial charge in [0.2, 0.25) is 5.43 Å². The van der Waals surface area contributed by atoms with Crippen molar-refractivity contribution in [2.75, 3.05) is 6.54 Å². The second-order valence-corrected chi connectivity index (χ2v) is 6.06. The molecule has 3 aromatic rings. The van der Waals surface area contributed by atoms with Gasteiger partial charge in [0, 0.05) is 18.8 Å². The number of benzene rings is 1. The van der Waals surface area contributed by atoms with Crippen LogP contribution in [0.15, 0.2) is 29.1 Å². The molecule has 0 fully saturated rings. The maximum atomic E-state index is 13.5. The smallest absolute Gasteiger partial charge is 0.275 e. The Morgan fingerprint density at radius 2 is 1.96 bits per heavy atom. The minimum absolute atomic E-state index is 0.144. The van der Waals surface area contributed by atoms with Crippen molar-refractivity contribution in [3.05, 3.63) is 57.4 Å². The van der Waals surface area contributed by atoms with E-state index < -0.39 is 17.2 Å². The lowest BCUT2D eigenvalue weighted by molar-refractivity contribution is 0.0943. The van der Waals surface area contributed by atoms with Gasteiger partial charge >= 0.3 is 0 Å². The first-order valence-electron chi connectivity index (χ1n) is 8.40. The third-order valence-corrected chi connectivity index (χ3v) is 4.14. The van der Waals surface area contributed by atoms with Crippen LogP contribution in [0.25, 0.3) is 10.9 Å². The van der Waals surface area contributed by atoms with E-state index in [0.29, 0.717) is 25.2 Å². The molecule has 136 valence electrons. The monoisotopic (exact) mass is 357 g/mol. The van der Waals surface area contributed by atoms with E-state index in [4.69, 9.17) is 0 Å². The molecule has 8 heteroatoms. The number of rotatable bonds is 5. The zero-order valence-corrected chi connectivity index (χ0v) is 14.9. The number of hydrogen-bond donors (Lipinski definition) is 1. The maximum absolute atomic E-state index is 13.5. The molecule has 0 unspecified atom stereocenters. The zero-order valence-electron chi connectivity index (χ0n) is 14.9. The summed E-state index contributed by atoms with van der Waals surface area (Å²) >= 11 is 0. The molecule has 0 radical (unpaired) electrons. The fourth-order valence-corrected chi connectivity index (χ4v) is 2.91. The van der Waals surface area contributed by atoms with Crippen LogP contribution in [0.3, 0.4) is 0 Å². The number of aromatic nitrogens is 4. The molecule has 0 aliphatic rings. The summed E-state index contributed by atoms with van der Waals surface area (Å²) < 4.78 is 16.8. The Morgan fingerprint density at radius 3 is 2.62 bits per heavy atom. The Kier molecular flexibility index (Phi) is 4.83. The van der Waals surface area contributed by atoms with Crippen LogP contribution in [0, 0.1) is 19.7 Å². The summed E-state index contributed by atoms with van der Waals surface area (Å²) in [6.45, 7) is 6.90. The van der Waals surface area contributed by atoms with E-state index in [1.807, 2.05) is 26.8 Å². The van der Waals surface area contributed by atoms with E-state index in [1.165, 1.54) is 16.8 Å². The third-order valence-electron chi connectivity index (χ3n) is 4.14. The summed E-state index contributed by atoms with van der Waals surface area (Å²) in [5, 5.41) is 11.3. The Hall–Kier alpha value is -3.03. The van der Waals surface area contributed by atoms with Gasteiger partial charge in [0.1, 0.15) is 5.82 Å². The van der Waals surface area contributed by atoms with Crippen LogP contribution in [0.1, 0.15) is 28.8 Å². The molecule has 1 aromatic carbocycles. The van der Waals surface area contributed by atoms with Gasteiger partial charge in [-0.15, -0.1) is 0 Å². The summed E-state index contributed by atoms with van der Waals surface area (Å²) in [5.41, 5.74) is 1.58. The number of nitrogens with zero attached hydrogens (tertiary/aromatic N) is 4. The van der Waals surface area contributed by atoms with E-state index in [1.54, 1.807) is 4.68 Å². The van der Waals surface area contributed by atoms with Gasteiger partial charge in [0.25, 0.3) is 5.91 Å². The number of carbonyl (C=O) groups excluding carboxylic acids is 1. The molecular formula is C18H20FN5O2. The molecule has 0 aliphatic heterocycles. The number of halogens is 1. The van der Waals surface area contributed by atoms with Gasteiger partial charge in [-0.05, 0) is 45.0 Å². The number of hydrogen-bond acceptors (Lipinski definition) is 4. The molecule has 0 atom stereocenters. The Morgan fingerprint density at radius 1 is 1.19 bits per heavy atom. The van der Waals surface area contributed by atoms with Crippen LogP contribution in [-0.2, 0) is 13.1 Å². The summed E-state index contributed by atoms with van der Waals surface area (Å²) in [4.78, 5) is 25.0. The molecule has 0 spiro atoms. The van der Waals surface area contributed by atoms with E-state index in [-0.39, 0.29) is 11.1 Å². The number of aryl methyl sites for hydroxylation is 3. The van der Waals surface area contributed by atoms with Crippen LogP contribution in [0.2, 0.25) is 0 Å². The van der Waals surface area contributed by atoms with Crippen molar-refractivity contribution in [2.24, 2.45) is 0 Å². The molecule has 2 heterocycles. The lowest BCUT2D eigenvalue weighted by Crippen LogP contribution is -2.34. The highest BCUT2D eigenvalue weighted by Gasteiger charge is 2.17. The van der Waals surface area contributed by atoms with Crippen LogP contribution < -0.4 is 10.7 Å². The van der Waals surface area contributed by atoms with Crippen molar-refractivity contribution in [3.63, 3.8) is 0 Å². The lowest BCUT2D eigenvalue weighted by Gasteiger charge is -2.11. The average molecular weight is 357 g/mol.